The molecule has 0 radical (unpaired) electrons. The van der Waals surface area contributed by atoms with Crippen LogP contribution in [-0.4, -0.2) is 48.3 Å². The maximum absolute atomic E-state index is 10.9. The first-order valence-electron chi connectivity index (χ1n) is 5.55. The lowest BCUT2D eigenvalue weighted by atomic mass is 10.0. The first-order valence-corrected chi connectivity index (χ1v) is 5.55. The molecule has 1 saturated carbocycles. The van der Waals surface area contributed by atoms with E-state index in [9.17, 15) is 4.79 Å². The number of nitrogens with zero attached hydrogens (tertiary/aromatic N) is 1. The minimum Gasteiger partial charge on any atom is -0.481 e. The highest BCUT2D eigenvalue weighted by molar-refractivity contribution is 5.70. The van der Waals surface area contributed by atoms with Crippen LogP contribution < -0.4 is 0 Å². The van der Waals surface area contributed by atoms with Crippen molar-refractivity contribution in [1.29, 1.82) is 0 Å². The summed E-state index contributed by atoms with van der Waals surface area (Å²) < 4.78 is 5.05. The molecule has 1 aliphatic rings. The number of carbonyl (C=O) groups is 1. The van der Waals surface area contributed by atoms with Crippen molar-refractivity contribution in [2.24, 2.45) is 5.92 Å². The largest absolute Gasteiger partial charge is 0.481 e. The summed E-state index contributed by atoms with van der Waals surface area (Å²) in [6.07, 6.45) is 2.39. The number of carboxylic acid groups (broad SMARTS) is 1. The molecule has 0 aliphatic heterocycles. The molecule has 0 aromatic carbocycles. The molecule has 0 aromatic heterocycles. The van der Waals surface area contributed by atoms with Crippen molar-refractivity contribution in [3.05, 3.63) is 0 Å². The average molecular weight is 215 g/mol. The zero-order valence-corrected chi connectivity index (χ0v) is 9.77. The van der Waals surface area contributed by atoms with Gasteiger partial charge in [0, 0.05) is 25.7 Å². The zero-order valence-electron chi connectivity index (χ0n) is 9.77. The first-order chi connectivity index (χ1) is 7.07. The van der Waals surface area contributed by atoms with Crippen LogP contribution in [-0.2, 0) is 9.53 Å². The lowest BCUT2D eigenvalue weighted by Gasteiger charge is -2.31. The van der Waals surface area contributed by atoms with Crippen LogP contribution in [0.15, 0.2) is 0 Å². The van der Waals surface area contributed by atoms with Crippen LogP contribution in [0.5, 0.6) is 0 Å². The molecule has 15 heavy (non-hydrogen) atoms. The van der Waals surface area contributed by atoms with Gasteiger partial charge in [0.1, 0.15) is 0 Å². The third-order valence-electron chi connectivity index (χ3n) is 3.21. The van der Waals surface area contributed by atoms with E-state index in [0.717, 1.165) is 6.54 Å². The predicted octanol–water partition coefficient (Wildman–Crippen LogP) is 1.21. The quantitative estimate of drug-likeness (QED) is 0.693. The van der Waals surface area contributed by atoms with Gasteiger partial charge in [-0.3, -0.25) is 9.69 Å². The summed E-state index contributed by atoms with van der Waals surface area (Å²) in [5.74, 6) is -1.03. The Morgan fingerprint density at radius 1 is 1.53 bits per heavy atom. The summed E-state index contributed by atoms with van der Waals surface area (Å²) in [5.41, 5.74) is 0. The smallest absolute Gasteiger partial charge is 0.307 e. The molecule has 0 bridgehead atoms. The number of carboxylic acids is 1. The summed E-state index contributed by atoms with van der Waals surface area (Å²) >= 11 is 0. The fourth-order valence-electron chi connectivity index (χ4n) is 1.82. The van der Waals surface area contributed by atoms with Crippen LogP contribution in [0.2, 0.25) is 0 Å². The van der Waals surface area contributed by atoms with Crippen LogP contribution in [0.1, 0.15) is 26.7 Å². The van der Waals surface area contributed by atoms with Gasteiger partial charge in [0.05, 0.1) is 12.5 Å². The molecule has 0 heterocycles. The molecule has 1 rings (SSSR count). The summed E-state index contributed by atoms with van der Waals surface area (Å²) in [4.78, 5) is 13.2. The Morgan fingerprint density at radius 3 is 2.53 bits per heavy atom. The molecule has 0 saturated heterocycles. The highest BCUT2D eigenvalue weighted by Gasteiger charge is 2.35. The molecule has 1 aliphatic carbocycles. The lowest BCUT2D eigenvalue weighted by molar-refractivity contribution is -0.143. The van der Waals surface area contributed by atoms with Crippen molar-refractivity contribution in [2.45, 2.75) is 38.8 Å². The second kappa shape index (κ2) is 5.47. The average Bonchev–Trinajstić information content (AvgIpc) is 3.00. The maximum atomic E-state index is 10.9. The van der Waals surface area contributed by atoms with E-state index >= 15 is 0 Å². The number of methoxy groups -OCH3 is 1. The summed E-state index contributed by atoms with van der Waals surface area (Å²) in [5, 5.41) is 8.97. The fourth-order valence-corrected chi connectivity index (χ4v) is 1.82. The Hall–Kier alpha value is -0.610. The van der Waals surface area contributed by atoms with Crippen LogP contribution >= 0.6 is 0 Å². The summed E-state index contributed by atoms with van der Waals surface area (Å²) in [6.45, 7) is 5.27. The minimum absolute atomic E-state index is 0.0881. The number of ether oxygens (including phenoxy) is 1. The van der Waals surface area contributed by atoms with Gasteiger partial charge in [0.15, 0.2) is 0 Å². The molecule has 1 fully saturated rings. The molecule has 0 spiro atoms. The molecule has 0 aromatic rings. The van der Waals surface area contributed by atoms with E-state index in [2.05, 4.69) is 4.90 Å². The van der Waals surface area contributed by atoms with E-state index in [0.29, 0.717) is 12.6 Å². The Kier molecular flexibility index (Phi) is 4.54. The van der Waals surface area contributed by atoms with E-state index in [1.807, 2.05) is 6.92 Å². The van der Waals surface area contributed by atoms with Gasteiger partial charge in [-0.2, -0.15) is 0 Å². The van der Waals surface area contributed by atoms with E-state index < -0.39 is 5.97 Å². The number of rotatable bonds is 7. The zero-order chi connectivity index (χ0) is 11.4. The fraction of sp³-hybridized carbons (Fsp3) is 0.909. The molecular formula is C11H21NO3. The van der Waals surface area contributed by atoms with Crippen molar-refractivity contribution < 1.29 is 14.6 Å². The third kappa shape index (κ3) is 3.47. The summed E-state index contributed by atoms with van der Waals surface area (Å²) in [7, 11) is 1.68. The number of hydrogen-bond donors (Lipinski definition) is 1. The van der Waals surface area contributed by atoms with E-state index in [1.165, 1.54) is 12.8 Å². The van der Waals surface area contributed by atoms with Crippen LogP contribution in [0.3, 0.4) is 0 Å². The topological polar surface area (TPSA) is 49.8 Å². The van der Waals surface area contributed by atoms with Gasteiger partial charge in [-0.15, -0.1) is 0 Å². The van der Waals surface area contributed by atoms with Gasteiger partial charge in [-0.1, -0.05) is 6.92 Å². The Labute approximate surface area is 91.2 Å². The maximum Gasteiger partial charge on any atom is 0.307 e. The van der Waals surface area contributed by atoms with Gasteiger partial charge in [0.2, 0.25) is 0 Å². The Morgan fingerprint density at radius 2 is 2.13 bits per heavy atom. The van der Waals surface area contributed by atoms with Gasteiger partial charge in [0.25, 0.3) is 0 Å². The van der Waals surface area contributed by atoms with Crippen LogP contribution in [0.25, 0.3) is 0 Å². The molecule has 4 heteroatoms. The predicted molar refractivity (Wildman–Crippen MR) is 57.9 cm³/mol. The second-order valence-corrected chi connectivity index (χ2v) is 4.33. The standard InChI is InChI=1S/C11H21NO3/c1-8(11(13)14)9(2)12(6-7-15-3)10-4-5-10/h8-10H,4-7H2,1-3H3,(H,13,14). The van der Waals surface area contributed by atoms with Crippen LogP contribution in [0.4, 0.5) is 0 Å². The van der Waals surface area contributed by atoms with Gasteiger partial charge in [-0.25, -0.2) is 0 Å². The van der Waals surface area contributed by atoms with Crippen LogP contribution in [0, 0.1) is 5.92 Å². The van der Waals surface area contributed by atoms with Crippen molar-refractivity contribution in [3.8, 4) is 0 Å². The molecule has 1 N–H and O–H groups in total. The van der Waals surface area contributed by atoms with Crippen molar-refractivity contribution >= 4 is 5.97 Å². The Balaban J connectivity index is 2.50. The molecule has 2 unspecified atom stereocenters. The molecule has 2 atom stereocenters. The minimum atomic E-state index is -0.717. The van der Waals surface area contributed by atoms with Crippen molar-refractivity contribution in [3.63, 3.8) is 0 Å². The molecular weight excluding hydrogens is 194 g/mol. The highest BCUT2D eigenvalue weighted by Crippen LogP contribution is 2.30. The number of aliphatic carboxylic acids is 1. The molecule has 88 valence electrons. The van der Waals surface area contributed by atoms with Gasteiger partial charge >= 0.3 is 5.97 Å². The summed E-state index contributed by atoms with van der Waals surface area (Å²) in [6, 6.07) is 0.669. The van der Waals surface area contributed by atoms with E-state index in [-0.39, 0.29) is 12.0 Å². The van der Waals surface area contributed by atoms with Crippen molar-refractivity contribution in [1.82, 2.24) is 4.90 Å². The van der Waals surface area contributed by atoms with Gasteiger partial charge < -0.3 is 9.84 Å². The lowest BCUT2D eigenvalue weighted by Crippen LogP contribution is -2.43. The second-order valence-electron chi connectivity index (χ2n) is 4.33. The normalized spacial score (nSPS) is 20.3. The Bertz CT molecular complexity index is 216. The molecule has 4 nitrogen and oxygen atoms in total. The monoisotopic (exact) mass is 215 g/mol. The van der Waals surface area contributed by atoms with Gasteiger partial charge in [-0.05, 0) is 19.8 Å². The van der Waals surface area contributed by atoms with Crippen molar-refractivity contribution in [2.75, 3.05) is 20.3 Å². The SMILES string of the molecule is COCCN(C1CC1)C(C)C(C)C(=O)O. The van der Waals surface area contributed by atoms with E-state index in [4.69, 9.17) is 9.84 Å². The number of hydrogen-bond acceptors (Lipinski definition) is 3. The highest BCUT2D eigenvalue weighted by atomic mass is 16.5. The first kappa shape index (κ1) is 12.5. The van der Waals surface area contributed by atoms with E-state index in [1.54, 1.807) is 14.0 Å². The third-order valence-corrected chi connectivity index (χ3v) is 3.21. The molecule has 0 amide bonds.